The Kier molecular flexibility index (Phi) is 8.49. The van der Waals surface area contributed by atoms with E-state index in [2.05, 4.69) is 20.4 Å². The Labute approximate surface area is 214 Å². The summed E-state index contributed by atoms with van der Waals surface area (Å²) in [6, 6.07) is 12.4. The standard InChI is InChI=1S/C25H28Cl2N4O4/c1-16(15-34-20-6-4-19(33-2)5-7-20)28-25(32)17-9-11-31(12-10-17)14-23-29-24(30-35-23)21-8-3-18(26)13-22(21)27/h3-8,13,16-17H,9-12,14-15H2,1-2H3,(H,28,32). The molecule has 1 saturated heterocycles. The van der Waals surface area contributed by atoms with Crippen LogP contribution in [0.2, 0.25) is 10.0 Å². The van der Waals surface area contributed by atoms with E-state index in [0.29, 0.717) is 40.5 Å². The highest BCUT2D eigenvalue weighted by molar-refractivity contribution is 6.36. The van der Waals surface area contributed by atoms with E-state index in [1.54, 1.807) is 25.3 Å². The van der Waals surface area contributed by atoms with Crippen LogP contribution in [0.4, 0.5) is 0 Å². The molecule has 0 saturated carbocycles. The first-order chi connectivity index (χ1) is 16.9. The number of benzene rings is 2. The molecule has 35 heavy (non-hydrogen) atoms. The summed E-state index contributed by atoms with van der Waals surface area (Å²) in [4.78, 5) is 19.4. The first-order valence-corrected chi connectivity index (χ1v) is 12.2. The summed E-state index contributed by atoms with van der Waals surface area (Å²) in [6.45, 7) is 4.41. The summed E-state index contributed by atoms with van der Waals surface area (Å²) >= 11 is 12.2. The molecule has 1 aromatic heterocycles. The van der Waals surface area contributed by atoms with Crippen LogP contribution in [0.25, 0.3) is 11.4 Å². The van der Waals surface area contributed by atoms with Crippen LogP contribution in [-0.4, -0.2) is 53.8 Å². The predicted molar refractivity (Wildman–Crippen MR) is 134 cm³/mol. The Hall–Kier alpha value is -2.81. The lowest BCUT2D eigenvalue weighted by molar-refractivity contribution is -0.127. The third kappa shape index (κ3) is 6.87. The average Bonchev–Trinajstić information content (AvgIpc) is 3.31. The quantitative estimate of drug-likeness (QED) is 0.433. The van der Waals surface area contributed by atoms with Crippen molar-refractivity contribution in [1.82, 2.24) is 20.4 Å². The van der Waals surface area contributed by atoms with E-state index >= 15 is 0 Å². The van der Waals surface area contributed by atoms with Gasteiger partial charge in [0.1, 0.15) is 18.1 Å². The first kappa shape index (κ1) is 25.3. The van der Waals surface area contributed by atoms with E-state index in [1.807, 2.05) is 31.2 Å². The van der Waals surface area contributed by atoms with Gasteiger partial charge in [-0.2, -0.15) is 4.98 Å². The van der Waals surface area contributed by atoms with Crippen LogP contribution < -0.4 is 14.8 Å². The van der Waals surface area contributed by atoms with Crippen LogP contribution in [-0.2, 0) is 11.3 Å². The zero-order valence-electron chi connectivity index (χ0n) is 19.7. The molecule has 1 aliphatic rings. The number of nitrogens with one attached hydrogen (secondary N) is 1. The molecule has 0 radical (unpaired) electrons. The van der Waals surface area contributed by atoms with Gasteiger partial charge in [0.25, 0.3) is 0 Å². The smallest absolute Gasteiger partial charge is 0.241 e. The Morgan fingerprint density at radius 3 is 2.57 bits per heavy atom. The fraction of sp³-hybridized carbons (Fsp3) is 0.400. The van der Waals surface area contributed by atoms with E-state index in [9.17, 15) is 4.79 Å². The van der Waals surface area contributed by atoms with Gasteiger partial charge in [-0.1, -0.05) is 28.4 Å². The van der Waals surface area contributed by atoms with E-state index in [1.165, 1.54) is 0 Å². The van der Waals surface area contributed by atoms with Crippen molar-refractivity contribution in [2.75, 3.05) is 26.8 Å². The number of piperidine rings is 1. The van der Waals surface area contributed by atoms with E-state index in [4.69, 9.17) is 37.2 Å². The number of hydrogen-bond acceptors (Lipinski definition) is 7. The molecule has 0 spiro atoms. The number of halogens is 2. The topological polar surface area (TPSA) is 89.7 Å². The van der Waals surface area contributed by atoms with Crippen LogP contribution in [0.1, 0.15) is 25.7 Å². The molecule has 0 aliphatic carbocycles. The number of likely N-dealkylation sites (tertiary alicyclic amines) is 1. The summed E-state index contributed by atoms with van der Waals surface area (Å²) in [5, 5.41) is 8.13. The molecule has 1 aliphatic heterocycles. The van der Waals surface area contributed by atoms with Gasteiger partial charge in [-0.15, -0.1) is 0 Å². The second kappa shape index (κ2) is 11.7. The van der Waals surface area contributed by atoms with Crippen LogP contribution >= 0.6 is 23.2 Å². The van der Waals surface area contributed by atoms with Crippen LogP contribution in [0.5, 0.6) is 11.5 Å². The highest BCUT2D eigenvalue weighted by atomic mass is 35.5. The number of ether oxygens (including phenoxy) is 2. The SMILES string of the molecule is COc1ccc(OCC(C)NC(=O)C2CCN(Cc3nc(-c4ccc(Cl)cc4Cl)no3)CC2)cc1. The average molecular weight is 519 g/mol. The Bertz CT molecular complexity index is 1130. The maximum atomic E-state index is 12.7. The molecule has 186 valence electrons. The normalized spacial score (nSPS) is 15.5. The fourth-order valence-corrected chi connectivity index (χ4v) is 4.43. The Morgan fingerprint density at radius 1 is 1.17 bits per heavy atom. The van der Waals surface area contributed by atoms with Gasteiger partial charge in [-0.3, -0.25) is 9.69 Å². The number of aromatic nitrogens is 2. The van der Waals surface area contributed by atoms with Crippen LogP contribution in [0.3, 0.4) is 0 Å². The summed E-state index contributed by atoms with van der Waals surface area (Å²) < 4.78 is 16.3. The summed E-state index contributed by atoms with van der Waals surface area (Å²) in [6.07, 6.45) is 1.53. The monoisotopic (exact) mass is 518 g/mol. The number of methoxy groups -OCH3 is 1. The minimum atomic E-state index is -0.0980. The molecule has 3 aromatic rings. The maximum Gasteiger partial charge on any atom is 0.241 e. The van der Waals surface area contributed by atoms with Gasteiger partial charge in [0, 0.05) is 16.5 Å². The van der Waals surface area contributed by atoms with Crippen molar-refractivity contribution < 1.29 is 18.8 Å². The van der Waals surface area contributed by atoms with Gasteiger partial charge in [0.15, 0.2) is 0 Å². The van der Waals surface area contributed by atoms with E-state index < -0.39 is 0 Å². The molecule has 1 atom stereocenters. The highest BCUT2D eigenvalue weighted by Gasteiger charge is 2.27. The Balaban J connectivity index is 1.20. The van der Waals surface area contributed by atoms with Gasteiger partial charge in [0.2, 0.25) is 17.6 Å². The van der Waals surface area contributed by atoms with E-state index in [0.717, 1.165) is 37.4 Å². The molecule has 1 amide bonds. The second-order valence-corrected chi connectivity index (χ2v) is 9.43. The molecule has 10 heteroatoms. The summed E-state index contributed by atoms with van der Waals surface area (Å²) in [5.74, 6) is 2.49. The van der Waals surface area contributed by atoms with Gasteiger partial charge in [-0.25, -0.2) is 0 Å². The van der Waals surface area contributed by atoms with E-state index in [-0.39, 0.29) is 17.9 Å². The zero-order valence-corrected chi connectivity index (χ0v) is 21.2. The number of rotatable bonds is 9. The van der Waals surface area contributed by atoms with Crippen molar-refractivity contribution in [3.8, 4) is 22.9 Å². The third-order valence-corrected chi connectivity index (χ3v) is 6.45. The fourth-order valence-electron chi connectivity index (χ4n) is 3.94. The van der Waals surface area contributed by atoms with Crippen molar-refractivity contribution in [1.29, 1.82) is 0 Å². The first-order valence-electron chi connectivity index (χ1n) is 11.5. The summed E-state index contributed by atoms with van der Waals surface area (Å²) in [5.41, 5.74) is 0.673. The maximum absolute atomic E-state index is 12.7. The second-order valence-electron chi connectivity index (χ2n) is 8.58. The lowest BCUT2D eigenvalue weighted by atomic mass is 9.95. The largest absolute Gasteiger partial charge is 0.497 e. The lowest BCUT2D eigenvalue weighted by Crippen LogP contribution is -2.44. The van der Waals surface area contributed by atoms with Gasteiger partial charge in [-0.05, 0) is 75.3 Å². The molecule has 8 nitrogen and oxygen atoms in total. The molecular weight excluding hydrogens is 491 g/mol. The third-order valence-electron chi connectivity index (χ3n) is 5.91. The number of carbonyl (C=O) groups excluding carboxylic acids is 1. The Morgan fingerprint density at radius 2 is 1.89 bits per heavy atom. The number of nitrogens with zero attached hydrogens (tertiary/aromatic N) is 3. The van der Waals surface area contributed by atoms with Gasteiger partial charge in [0.05, 0.1) is 24.7 Å². The molecule has 0 bridgehead atoms. The molecule has 2 heterocycles. The van der Waals surface area contributed by atoms with Crippen LogP contribution in [0.15, 0.2) is 47.0 Å². The van der Waals surface area contributed by atoms with Crippen molar-refractivity contribution in [2.24, 2.45) is 5.92 Å². The minimum absolute atomic E-state index is 0.0270. The van der Waals surface area contributed by atoms with Crippen molar-refractivity contribution in [3.05, 3.63) is 58.4 Å². The zero-order chi connectivity index (χ0) is 24.8. The molecule has 2 aromatic carbocycles. The minimum Gasteiger partial charge on any atom is -0.497 e. The molecule has 1 N–H and O–H groups in total. The van der Waals surface area contributed by atoms with Crippen molar-refractivity contribution in [3.63, 3.8) is 0 Å². The number of carbonyl (C=O) groups is 1. The molecule has 1 fully saturated rings. The van der Waals surface area contributed by atoms with Crippen molar-refractivity contribution >= 4 is 29.1 Å². The lowest BCUT2D eigenvalue weighted by Gasteiger charge is -2.30. The van der Waals surface area contributed by atoms with Gasteiger partial charge < -0.3 is 19.3 Å². The number of amides is 1. The molecule has 4 rings (SSSR count). The molecule has 1 unspecified atom stereocenters. The summed E-state index contributed by atoms with van der Waals surface area (Å²) in [7, 11) is 1.62. The molecular formula is C25H28Cl2N4O4. The van der Waals surface area contributed by atoms with Gasteiger partial charge >= 0.3 is 0 Å². The number of hydrogen-bond donors (Lipinski definition) is 1. The predicted octanol–water partition coefficient (Wildman–Crippen LogP) is 4.85. The van der Waals surface area contributed by atoms with Crippen molar-refractivity contribution in [2.45, 2.75) is 32.4 Å². The highest BCUT2D eigenvalue weighted by Crippen LogP contribution is 2.29. The van der Waals surface area contributed by atoms with Crippen LogP contribution in [0, 0.1) is 5.92 Å².